The summed E-state index contributed by atoms with van der Waals surface area (Å²) in [6, 6.07) is 11.7. The topological polar surface area (TPSA) is 45.1 Å². The molecule has 0 radical (unpaired) electrons. The third-order valence-electron chi connectivity index (χ3n) is 4.51. The highest BCUT2D eigenvalue weighted by atomic mass is 16.5. The number of hydrogen-bond donors (Lipinski definition) is 1. The van der Waals surface area contributed by atoms with E-state index >= 15 is 0 Å². The molecule has 0 bridgehead atoms. The van der Waals surface area contributed by atoms with Gasteiger partial charge in [-0.1, -0.05) is 30.3 Å². The molecule has 4 nitrogen and oxygen atoms in total. The number of ether oxygens (including phenoxy) is 1. The fraction of sp³-hybridized carbons (Fsp3) is 0.421. The first kappa shape index (κ1) is 16.0. The maximum absolute atomic E-state index is 10.2. The molecule has 0 amide bonds. The molecule has 4 heteroatoms. The van der Waals surface area contributed by atoms with Gasteiger partial charge in [-0.3, -0.25) is 9.89 Å². The van der Waals surface area contributed by atoms with Gasteiger partial charge in [0, 0.05) is 30.4 Å². The zero-order valence-corrected chi connectivity index (χ0v) is 13.8. The summed E-state index contributed by atoms with van der Waals surface area (Å²) in [5.41, 5.74) is 0.779. The molecule has 1 heterocycles. The predicted molar refractivity (Wildman–Crippen MR) is 94.5 cm³/mol. The maximum Gasteiger partial charge on any atom is 0.124 e. The second-order valence-electron chi connectivity index (χ2n) is 6.60. The van der Waals surface area contributed by atoms with E-state index < -0.39 is 0 Å². The minimum Gasteiger partial charge on any atom is -0.507 e. The largest absolute Gasteiger partial charge is 0.507 e. The molecular weight excluding hydrogens is 288 g/mol. The average molecular weight is 312 g/mol. The molecular formula is C19H24N2O2. The molecule has 0 saturated carbocycles. The highest BCUT2D eigenvalue weighted by Gasteiger charge is 2.27. The van der Waals surface area contributed by atoms with Crippen LogP contribution in [0.15, 0.2) is 41.4 Å². The number of hydrogen-bond acceptors (Lipinski definition) is 4. The van der Waals surface area contributed by atoms with Gasteiger partial charge in [0.25, 0.3) is 0 Å². The van der Waals surface area contributed by atoms with E-state index in [0.29, 0.717) is 6.54 Å². The molecule has 0 aliphatic carbocycles. The van der Waals surface area contributed by atoms with Crippen molar-refractivity contribution in [2.75, 3.05) is 32.8 Å². The Labute approximate surface area is 137 Å². The molecule has 2 aromatic carbocycles. The summed E-state index contributed by atoms with van der Waals surface area (Å²) >= 11 is 0. The molecule has 1 saturated heterocycles. The normalized spacial score (nSPS) is 17.1. The van der Waals surface area contributed by atoms with Crippen molar-refractivity contribution in [2.24, 2.45) is 4.99 Å². The third-order valence-corrected chi connectivity index (χ3v) is 4.51. The van der Waals surface area contributed by atoms with Gasteiger partial charge in [-0.15, -0.1) is 0 Å². The zero-order chi connectivity index (χ0) is 16.3. The standard InChI is InChI=1S/C19H24N2O2/c1-19(2,21-9-11-23-12-10-21)14-20-13-17-16-6-4-3-5-15(16)7-8-18(17)22/h3-8,13,22H,9-12,14H2,1-2H3. The first-order valence-corrected chi connectivity index (χ1v) is 8.11. The van der Waals surface area contributed by atoms with E-state index in [4.69, 9.17) is 4.74 Å². The van der Waals surface area contributed by atoms with Crippen LogP contribution in [0.4, 0.5) is 0 Å². The second kappa shape index (κ2) is 6.69. The van der Waals surface area contributed by atoms with Crippen molar-refractivity contribution in [3.8, 4) is 5.75 Å². The van der Waals surface area contributed by atoms with Crippen molar-refractivity contribution >= 4 is 17.0 Å². The van der Waals surface area contributed by atoms with E-state index in [1.807, 2.05) is 30.3 Å². The lowest BCUT2D eigenvalue weighted by Crippen LogP contribution is -2.51. The molecule has 122 valence electrons. The van der Waals surface area contributed by atoms with E-state index in [1.54, 1.807) is 12.3 Å². The molecule has 0 atom stereocenters. The smallest absolute Gasteiger partial charge is 0.124 e. The zero-order valence-electron chi connectivity index (χ0n) is 13.8. The van der Waals surface area contributed by atoms with E-state index in [0.717, 1.165) is 42.6 Å². The van der Waals surface area contributed by atoms with Gasteiger partial charge < -0.3 is 9.84 Å². The van der Waals surface area contributed by atoms with Gasteiger partial charge in [-0.25, -0.2) is 0 Å². The van der Waals surface area contributed by atoms with Crippen LogP contribution in [0.5, 0.6) is 5.75 Å². The molecule has 0 unspecified atom stereocenters. The summed E-state index contributed by atoms with van der Waals surface area (Å²) in [6.07, 6.45) is 1.81. The lowest BCUT2D eigenvalue weighted by molar-refractivity contribution is -0.00676. The van der Waals surface area contributed by atoms with Crippen molar-refractivity contribution in [2.45, 2.75) is 19.4 Å². The number of fused-ring (bicyclic) bond motifs is 1. The first-order chi connectivity index (χ1) is 11.1. The van der Waals surface area contributed by atoms with Crippen LogP contribution < -0.4 is 0 Å². The Morgan fingerprint density at radius 2 is 1.91 bits per heavy atom. The average Bonchev–Trinajstić information content (AvgIpc) is 2.57. The van der Waals surface area contributed by atoms with Crippen LogP contribution in [0.2, 0.25) is 0 Å². The molecule has 2 aromatic rings. The van der Waals surface area contributed by atoms with Crippen LogP contribution in [0.1, 0.15) is 19.4 Å². The van der Waals surface area contributed by atoms with E-state index in [9.17, 15) is 5.11 Å². The highest BCUT2D eigenvalue weighted by Crippen LogP contribution is 2.25. The Bertz CT molecular complexity index is 704. The van der Waals surface area contributed by atoms with Gasteiger partial charge >= 0.3 is 0 Å². The molecule has 23 heavy (non-hydrogen) atoms. The minimum absolute atomic E-state index is 0.0134. The van der Waals surface area contributed by atoms with Gasteiger partial charge in [-0.05, 0) is 30.7 Å². The predicted octanol–water partition coefficient (Wildman–Crippen LogP) is 3.08. The molecule has 1 N–H and O–H groups in total. The van der Waals surface area contributed by atoms with Crippen LogP contribution in [0.3, 0.4) is 0 Å². The minimum atomic E-state index is -0.0134. The maximum atomic E-state index is 10.2. The number of nitrogens with zero attached hydrogens (tertiary/aromatic N) is 2. The number of phenolic OH excluding ortho intramolecular Hbond substituents is 1. The van der Waals surface area contributed by atoms with Crippen molar-refractivity contribution in [3.63, 3.8) is 0 Å². The number of morpholine rings is 1. The SMILES string of the molecule is CC(C)(CN=Cc1c(O)ccc2ccccc12)N1CCOCC1. The molecule has 1 aliphatic heterocycles. The number of aromatic hydroxyl groups is 1. The van der Waals surface area contributed by atoms with Crippen molar-refractivity contribution < 1.29 is 9.84 Å². The van der Waals surface area contributed by atoms with Crippen LogP contribution in [-0.2, 0) is 4.74 Å². The van der Waals surface area contributed by atoms with Crippen molar-refractivity contribution in [1.82, 2.24) is 4.90 Å². The Morgan fingerprint density at radius 3 is 2.70 bits per heavy atom. The van der Waals surface area contributed by atoms with Crippen LogP contribution in [-0.4, -0.2) is 54.6 Å². The van der Waals surface area contributed by atoms with Gasteiger partial charge in [0.15, 0.2) is 0 Å². The number of aliphatic imine (C=N–C) groups is 1. The van der Waals surface area contributed by atoms with Crippen LogP contribution in [0.25, 0.3) is 10.8 Å². The Hall–Kier alpha value is -1.91. The van der Waals surface area contributed by atoms with E-state index in [2.05, 4.69) is 23.7 Å². The summed E-state index contributed by atoms with van der Waals surface area (Å²) in [6.45, 7) is 8.57. The Kier molecular flexibility index (Phi) is 4.64. The molecule has 3 rings (SSSR count). The van der Waals surface area contributed by atoms with Crippen molar-refractivity contribution in [1.29, 1.82) is 0 Å². The quantitative estimate of drug-likeness (QED) is 0.883. The lowest BCUT2D eigenvalue weighted by atomic mass is 10.0. The van der Waals surface area contributed by atoms with Crippen LogP contribution in [0, 0.1) is 0 Å². The monoisotopic (exact) mass is 312 g/mol. The summed E-state index contributed by atoms with van der Waals surface area (Å²) in [4.78, 5) is 7.05. The summed E-state index contributed by atoms with van der Waals surface area (Å²) in [5.74, 6) is 0.275. The Balaban J connectivity index is 1.79. The van der Waals surface area contributed by atoms with E-state index in [1.165, 1.54) is 0 Å². The molecule has 1 fully saturated rings. The fourth-order valence-corrected chi connectivity index (χ4v) is 3.05. The van der Waals surface area contributed by atoms with Crippen molar-refractivity contribution in [3.05, 3.63) is 42.0 Å². The summed E-state index contributed by atoms with van der Waals surface area (Å²) < 4.78 is 5.42. The lowest BCUT2D eigenvalue weighted by Gasteiger charge is -2.39. The summed E-state index contributed by atoms with van der Waals surface area (Å²) in [5, 5.41) is 12.3. The first-order valence-electron chi connectivity index (χ1n) is 8.11. The van der Waals surface area contributed by atoms with Gasteiger partial charge in [0.1, 0.15) is 5.75 Å². The molecule has 0 aromatic heterocycles. The van der Waals surface area contributed by atoms with Gasteiger partial charge in [0.05, 0.1) is 19.8 Å². The third kappa shape index (κ3) is 3.54. The molecule has 0 spiro atoms. The highest BCUT2D eigenvalue weighted by molar-refractivity contribution is 6.02. The van der Waals surface area contributed by atoms with Gasteiger partial charge in [-0.2, -0.15) is 0 Å². The van der Waals surface area contributed by atoms with Gasteiger partial charge in [0.2, 0.25) is 0 Å². The van der Waals surface area contributed by atoms with Crippen LogP contribution >= 0.6 is 0 Å². The summed E-state index contributed by atoms with van der Waals surface area (Å²) in [7, 11) is 0. The number of rotatable bonds is 4. The second-order valence-corrected chi connectivity index (χ2v) is 6.60. The Morgan fingerprint density at radius 1 is 1.17 bits per heavy atom. The molecule has 1 aliphatic rings. The van der Waals surface area contributed by atoms with E-state index in [-0.39, 0.29) is 11.3 Å². The number of phenols is 1. The fourth-order valence-electron chi connectivity index (χ4n) is 3.05. The number of benzene rings is 2.